The van der Waals surface area contributed by atoms with E-state index >= 15 is 0 Å². The molecule has 2 N–H and O–H groups in total. The number of urea groups is 1. The minimum Gasteiger partial charge on any atom is -0.481 e. The molecular weight excluding hydrogens is 220 g/mol. The molecule has 1 saturated carbocycles. The van der Waals surface area contributed by atoms with E-state index in [0.717, 1.165) is 32.4 Å². The van der Waals surface area contributed by atoms with Crippen LogP contribution in [0.15, 0.2) is 0 Å². The third-order valence-electron chi connectivity index (χ3n) is 3.75. The zero-order valence-corrected chi connectivity index (χ0v) is 10.0. The number of carboxylic acid groups (broad SMARTS) is 1. The second-order valence-electron chi connectivity index (χ2n) is 5.04. The van der Waals surface area contributed by atoms with E-state index in [1.165, 1.54) is 6.42 Å². The van der Waals surface area contributed by atoms with Gasteiger partial charge in [0, 0.05) is 19.1 Å². The molecule has 1 saturated heterocycles. The Balaban J connectivity index is 1.77. The Kier molecular flexibility index (Phi) is 3.86. The number of rotatable bonds is 2. The number of amides is 2. The van der Waals surface area contributed by atoms with Crippen LogP contribution in [0.4, 0.5) is 4.79 Å². The fourth-order valence-corrected chi connectivity index (χ4v) is 2.70. The smallest absolute Gasteiger partial charge is 0.317 e. The topological polar surface area (TPSA) is 69.6 Å². The van der Waals surface area contributed by atoms with Gasteiger partial charge in [-0.1, -0.05) is 0 Å². The Morgan fingerprint density at radius 3 is 2.41 bits per heavy atom. The zero-order chi connectivity index (χ0) is 12.3. The van der Waals surface area contributed by atoms with E-state index in [9.17, 15) is 9.59 Å². The number of hydrogen-bond acceptors (Lipinski definition) is 2. The maximum atomic E-state index is 11.9. The Labute approximate surface area is 101 Å². The third kappa shape index (κ3) is 3.11. The summed E-state index contributed by atoms with van der Waals surface area (Å²) < 4.78 is 0. The van der Waals surface area contributed by atoms with Gasteiger partial charge in [-0.15, -0.1) is 0 Å². The second kappa shape index (κ2) is 5.38. The lowest BCUT2D eigenvalue weighted by Crippen LogP contribution is -2.46. The number of carbonyl (C=O) groups is 2. The standard InChI is InChI=1S/C12H20N2O3/c15-11(16)9-4-5-10(8-9)13-12(17)14-6-2-1-3-7-14/h9-10H,1-8H2,(H,13,17)(H,15,16)/t9-,10+/m1/s1. The van der Waals surface area contributed by atoms with E-state index in [1.807, 2.05) is 4.90 Å². The summed E-state index contributed by atoms with van der Waals surface area (Å²) >= 11 is 0. The van der Waals surface area contributed by atoms with E-state index < -0.39 is 5.97 Å². The van der Waals surface area contributed by atoms with E-state index in [4.69, 9.17) is 5.11 Å². The molecule has 2 rings (SSSR count). The molecule has 2 fully saturated rings. The van der Waals surface area contributed by atoms with Crippen molar-refractivity contribution >= 4 is 12.0 Å². The van der Waals surface area contributed by atoms with Crippen LogP contribution in [0.2, 0.25) is 0 Å². The van der Waals surface area contributed by atoms with Gasteiger partial charge in [-0.3, -0.25) is 4.79 Å². The summed E-state index contributed by atoms with van der Waals surface area (Å²) in [6, 6.07) is 0.0336. The molecule has 0 unspecified atom stereocenters. The molecule has 5 nitrogen and oxygen atoms in total. The Bertz CT molecular complexity index is 300. The molecule has 0 aromatic heterocycles. The van der Waals surface area contributed by atoms with Crippen molar-refractivity contribution in [2.45, 2.75) is 44.6 Å². The van der Waals surface area contributed by atoms with Gasteiger partial charge < -0.3 is 15.3 Å². The third-order valence-corrected chi connectivity index (χ3v) is 3.75. The van der Waals surface area contributed by atoms with Gasteiger partial charge in [0.25, 0.3) is 0 Å². The molecule has 0 aromatic rings. The van der Waals surface area contributed by atoms with E-state index in [2.05, 4.69) is 5.32 Å². The summed E-state index contributed by atoms with van der Waals surface area (Å²) in [5, 5.41) is 11.8. The molecule has 96 valence electrons. The monoisotopic (exact) mass is 240 g/mol. The summed E-state index contributed by atoms with van der Waals surface area (Å²) in [6.07, 6.45) is 5.41. The molecular formula is C12H20N2O3. The second-order valence-corrected chi connectivity index (χ2v) is 5.04. The summed E-state index contributed by atoms with van der Waals surface area (Å²) in [6.45, 7) is 1.67. The van der Waals surface area contributed by atoms with Crippen LogP contribution in [0.1, 0.15) is 38.5 Å². The molecule has 0 aromatic carbocycles. The summed E-state index contributed by atoms with van der Waals surface area (Å²) in [7, 11) is 0. The van der Waals surface area contributed by atoms with E-state index in [1.54, 1.807) is 0 Å². The average Bonchev–Trinajstić information content (AvgIpc) is 2.79. The number of nitrogens with zero attached hydrogens (tertiary/aromatic N) is 1. The van der Waals surface area contributed by atoms with Crippen molar-refractivity contribution in [3.63, 3.8) is 0 Å². The van der Waals surface area contributed by atoms with Gasteiger partial charge in [0.05, 0.1) is 5.92 Å². The first-order valence-electron chi connectivity index (χ1n) is 6.45. The SMILES string of the molecule is O=C(O)[C@@H]1CC[C@H](NC(=O)N2CCCCC2)C1. The van der Waals surface area contributed by atoms with Crippen molar-refractivity contribution in [3.05, 3.63) is 0 Å². The predicted octanol–water partition coefficient (Wildman–Crippen LogP) is 1.44. The predicted molar refractivity (Wildman–Crippen MR) is 62.7 cm³/mol. The van der Waals surface area contributed by atoms with Crippen LogP contribution in [-0.2, 0) is 4.79 Å². The minimum absolute atomic E-state index is 0.0132. The maximum Gasteiger partial charge on any atom is 0.317 e. The molecule has 0 radical (unpaired) electrons. The Morgan fingerprint density at radius 2 is 1.82 bits per heavy atom. The molecule has 5 heteroatoms. The molecule has 0 bridgehead atoms. The molecule has 2 aliphatic rings. The maximum absolute atomic E-state index is 11.9. The van der Waals surface area contributed by atoms with E-state index in [-0.39, 0.29) is 18.0 Å². The van der Waals surface area contributed by atoms with Crippen LogP contribution in [-0.4, -0.2) is 41.1 Å². The summed E-state index contributed by atoms with van der Waals surface area (Å²) in [5.74, 6) is -1.01. The van der Waals surface area contributed by atoms with Crippen molar-refractivity contribution in [3.8, 4) is 0 Å². The number of likely N-dealkylation sites (tertiary alicyclic amines) is 1. The molecule has 1 heterocycles. The molecule has 1 aliphatic carbocycles. The fraction of sp³-hybridized carbons (Fsp3) is 0.833. The van der Waals surface area contributed by atoms with Gasteiger partial charge in [0.1, 0.15) is 0 Å². The van der Waals surface area contributed by atoms with Crippen molar-refractivity contribution in [1.82, 2.24) is 10.2 Å². The average molecular weight is 240 g/mol. The first-order chi connectivity index (χ1) is 8.16. The Hall–Kier alpha value is -1.26. The first-order valence-corrected chi connectivity index (χ1v) is 6.45. The van der Waals surface area contributed by atoms with Crippen LogP contribution in [0.5, 0.6) is 0 Å². The van der Waals surface area contributed by atoms with Gasteiger partial charge in [-0.2, -0.15) is 0 Å². The summed E-state index contributed by atoms with van der Waals surface area (Å²) in [4.78, 5) is 24.6. The van der Waals surface area contributed by atoms with Crippen LogP contribution in [0.25, 0.3) is 0 Å². The van der Waals surface area contributed by atoms with Crippen molar-refractivity contribution in [1.29, 1.82) is 0 Å². The molecule has 0 spiro atoms. The highest BCUT2D eigenvalue weighted by Gasteiger charge is 2.31. The first kappa shape index (κ1) is 12.2. The van der Waals surface area contributed by atoms with Gasteiger partial charge >= 0.3 is 12.0 Å². The van der Waals surface area contributed by atoms with Crippen LogP contribution >= 0.6 is 0 Å². The van der Waals surface area contributed by atoms with Crippen LogP contribution in [0, 0.1) is 5.92 Å². The molecule has 17 heavy (non-hydrogen) atoms. The van der Waals surface area contributed by atoms with Gasteiger partial charge in [0.15, 0.2) is 0 Å². The highest BCUT2D eigenvalue weighted by molar-refractivity contribution is 5.75. The quantitative estimate of drug-likeness (QED) is 0.767. The number of hydrogen-bond donors (Lipinski definition) is 2. The van der Waals surface area contributed by atoms with Crippen molar-refractivity contribution in [2.75, 3.05) is 13.1 Å². The number of carbonyl (C=O) groups excluding carboxylic acids is 1. The lowest BCUT2D eigenvalue weighted by atomic mass is 10.1. The van der Waals surface area contributed by atoms with Crippen molar-refractivity contribution < 1.29 is 14.7 Å². The molecule has 2 atom stereocenters. The highest BCUT2D eigenvalue weighted by Crippen LogP contribution is 2.25. The number of nitrogens with one attached hydrogen (secondary N) is 1. The van der Waals surface area contributed by atoms with Gasteiger partial charge in [-0.05, 0) is 38.5 Å². The Morgan fingerprint density at radius 1 is 1.12 bits per heavy atom. The lowest BCUT2D eigenvalue weighted by Gasteiger charge is -2.28. The lowest BCUT2D eigenvalue weighted by molar-refractivity contribution is -0.141. The largest absolute Gasteiger partial charge is 0.481 e. The summed E-state index contributed by atoms with van der Waals surface area (Å²) in [5.41, 5.74) is 0. The highest BCUT2D eigenvalue weighted by atomic mass is 16.4. The normalized spacial score (nSPS) is 29.1. The molecule has 1 aliphatic heterocycles. The van der Waals surface area contributed by atoms with Crippen molar-refractivity contribution in [2.24, 2.45) is 5.92 Å². The minimum atomic E-state index is -0.736. The molecule has 2 amide bonds. The fourth-order valence-electron chi connectivity index (χ4n) is 2.70. The van der Waals surface area contributed by atoms with Gasteiger partial charge in [0.2, 0.25) is 0 Å². The number of carboxylic acids is 1. The number of aliphatic carboxylic acids is 1. The van der Waals surface area contributed by atoms with E-state index in [0.29, 0.717) is 12.8 Å². The van der Waals surface area contributed by atoms with Gasteiger partial charge in [-0.25, -0.2) is 4.79 Å². The van der Waals surface area contributed by atoms with Crippen LogP contribution in [0.3, 0.4) is 0 Å². The number of piperidine rings is 1. The van der Waals surface area contributed by atoms with Crippen LogP contribution < -0.4 is 5.32 Å². The zero-order valence-electron chi connectivity index (χ0n) is 10.0.